The van der Waals surface area contributed by atoms with Crippen molar-refractivity contribution in [2.75, 3.05) is 11.9 Å². The Morgan fingerprint density at radius 3 is 2.78 bits per heavy atom. The molecular weight excluding hydrogens is 457 g/mol. The monoisotopic (exact) mass is 481 g/mol. The minimum Gasteiger partial charge on any atom is -0.462 e. The van der Waals surface area contributed by atoms with E-state index < -0.39 is 36.2 Å². The van der Waals surface area contributed by atoms with E-state index in [1.807, 2.05) is 0 Å². The Labute approximate surface area is 195 Å². The Morgan fingerprint density at radius 1 is 1.34 bits per heavy atom. The van der Waals surface area contributed by atoms with Gasteiger partial charge in [0.2, 0.25) is 0 Å². The number of esters is 2. The minimum atomic E-state index is -1.15. The highest BCUT2D eigenvalue weighted by atomic mass is 35.5. The Morgan fingerprint density at radius 2 is 2.09 bits per heavy atom. The van der Waals surface area contributed by atoms with Gasteiger partial charge in [0.25, 0.3) is 5.91 Å². The first-order chi connectivity index (χ1) is 15.2. The van der Waals surface area contributed by atoms with E-state index >= 15 is 0 Å². The van der Waals surface area contributed by atoms with Gasteiger partial charge < -0.3 is 14.8 Å². The van der Waals surface area contributed by atoms with Crippen molar-refractivity contribution in [2.45, 2.75) is 52.6 Å². The van der Waals surface area contributed by atoms with Gasteiger partial charge in [-0.1, -0.05) is 24.6 Å². The Balaban J connectivity index is 1.72. The molecule has 1 amide bonds. The molecule has 2 aromatic rings. The molecule has 172 valence electrons. The van der Waals surface area contributed by atoms with Crippen molar-refractivity contribution in [2.24, 2.45) is 5.92 Å². The first-order valence-electron chi connectivity index (χ1n) is 10.5. The van der Waals surface area contributed by atoms with E-state index in [9.17, 15) is 18.8 Å². The Kier molecular flexibility index (Phi) is 7.90. The molecule has 1 N–H and O–H groups in total. The number of hydrogen-bond acceptors (Lipinski definition) is 6. The third-order valence-corrected chi connectivity index (χ3v) is 6.81. The van der Waals surface area contributed by atoms with Crippen molar-refractivity contribution in [3.63, 3.8) is 0 Å². The summed E-state index contributed by atoms with van der Waals surface area (Å²) in [5.41, 5.74) is 1.31. The van der Waals surface area contributed by atoms with E-state index in [0.717, 1.165) is 29.7 Å². The lowest BCUT2D eigenvalue weighted by Crippen LogP contribution is -2.31. The van der Waals surface area contributed by atoms with Crippen LogP contribution in [0.4, 0.5) is 9.39 Å². The maximum atomic E-state index is 13.9. The van der Waals surface area contributed by atoms with E-state index in [1.54, 1.807) is 6.92 Å². The number of hydrogen-bond donors (Lipinski definition) is 1. The second-order valence-electron chi connectivity index (χ2n) is 7.77. The number of benzene rings is 1. The van der Waals surface area contributed by atoms with Gasteiger partial charge in [0.1, 0.15) is 10.8 Å². The van der Waals surface area contributed by atoms with Crippen LogP contribution < -0.4 is 5.32 Å². The van der Waals surface area contributed by atoms with Gasteiger partial charge in [-0.2, -0.15) is 0 Å². The minimum absolute atomic E-state index is 0.0106. The normalized spacial score (nSPS) is 16.1. The number of halogens is 2. The molecule has 1 aliphatic carbocycles. The predicted molar refractivity (Wildman–Crippen MR) is 121 cm³/mol. The first-order valence-corrected chi connectivity index (χ1v) is 11.7. The molecule has 32 heavy (non-hydrogen) atoms. The topological polar surface area (TPSA) is 81.7 Å². The van der Waals surface area contributed by atoms with Crippen molar-refractivity contribution in [1.29, 1.82) is 0 Å². The third kappa shape index (κ3) is 5.48. The van der Waals surface area contributed by atoms with Gasteiger partial charge in [-0.15, -0.1) is 11.3 Å². The largest absolute Gasteiger partial charge is 0.462 e. The van der Waals surface area contributed by atoms with Crippen LogP contribution in [0.15, 0.2) is 18.2 Å². The number of rotatable bonds is 7. The van der Waals surface area contributed by atoms with Gasteiger partial charge in [0.15, 0.2) is 6.10 Å². The molecule has 9 heteroatoms. The molecule has 0 saturated heterocycles. The number of anilines is 1. The highest BCUT2D eigenvalue weighted by molar-refractivity contribution is 7.17. The van der Waals surface area contributed by atoms with Crippen LogP contribution in [0.25, 0.3) is 0 Å². The standard InChI is InChI=1S/C23H25ClFNO5S/c1-4-30-23(29)20-14-9-8-12(2)10-18(14)32-22(20)26-21(28)13(3)31-19(27)11-15-16(24)6-5-7-17(15)25/h5-7,12-13H,4,8-11H2,1-3H3,(H,26,28)/t12-,13-/m0/s1. The van der Waals surface area contributed by atoms with Crippen LogP contribution in [0, 0.1) is 11.7 Å². The number of thiophene rings is 1. The van der Waals surface area contributed by atoms with Crippen LogP contribution in [0.1, 0.15) is 53.6 Å². The van der Waals surface area contributed by atoms with Crippen LogP contribution in [0.3, 0.4) is 0 Å². The van der Waals surface area contributed by atoms with E-state index in [4.69, 9.17) is 21.1 Å². The maximum absolute atomic E-state index is 13.9. The van der Waals surface area contributed by atoms with Crippen molar-refractivity contribution < 1.29 is 28.2 Å². The zero-order chi connectivity index (χ0) is 23.4. The number of nitrogens with one attached hydrogen (secondary N) is 1. The van der Waals surface area contributed by atoms with E-state index in [-0.39, 0.29) is 17.2 Å². The average Bonchev–Trinajstić information content (AvgIpc) is 3.07. The van der Waals surface area contributed by atoms with Gasteiger partial charge in [-0.25, -0.2) is 9.18 Å². The maximum Gasteiger partial charge on any atom is 0.341 e. The summed E-state index contributed by atoms with van der Waals surface area (Å²) in [6, 6.07) is 4.10. The molecule has 0 spiro atoms. The number of amides is 1. The van der Waals surface area contributed by atoms with Crippen molar-refractivity contribution in [3.8, 4) is 0 Å². The zero-order valence-electron chi connectivity index (χ0n) is 18.1. The van der Waals surface area contributed by atoms with E-state index in [0.29, 0.717) is 16.5 Å². The lowest BCUT2D eigenvalue weighted by atomic mass is 9.88. The fraction of sp³-hybridized carbons (Fsp3) is 0.435. The van der Waals surface area contributed by atoms with Gasteiger partial charge in [0, 0.05) is 15.5 Å². The summed E-state index contributed by atoms with van der Waals surface area (Å²) in [6.45, 7) is 5.50. The zero-order valence-corrected chi connectivity index (χ0v) is 19.7. The van der Waals surface area contributed by atoms with Gasteiger partial charge in [0.05, 0.1) is 18.6 Å². The van der Waals surface area contributed by atoms with E-state index in [1.165, 1.54) is 36.5 Å². The molecule has 0 saturated carbocycles. The van der Waals surface area contributed by atoms with Crippen molar-refractivity contribution in [1.82, 2.24) is 0 Å². The SMILES string of the molecule is CCOC(=O)c1c(NC(=O)[C@H](C)OC(=O)Cc2c(F)cccc2Cl)sc2c1CC[C@H](C)C2. The second kappa shape index (κ2) is 10.4. The van der Waals surface area contributed by atoms with E-state index in [2.05, 4.69) is 12.2 Å². The molecule has 0 fully saturated rings. The molecular formula is C23H25ClFNO5S. The molecule has 1 aromatic heterocycles. The molecule has 0 bridgehead atoms. The molecule has 1 heterocycles. The molecule has 1 aliphatic rings. The van der Waals surface area contributed by atoms with Crippen LogP contribution in [0.5, 0.6) is 0 Å². The molecule has 0 unspecified atom stereocenters. The predicted octanol–water partition coefficient (Wildman–Crippen LogP) is 4.96. The smallest absolute Gasteiger partial charge is 0.341 e. The molecule has 1 aromatic carbocycles. The summed E-state index contributed by atoms with van der Waals surface area (Å²) in [5.74, 6) is -1.98. The van der Waals surface area contributed by atoms with Crippen molar-refractivity contribution >= 4 is 45.8 Å². The quantitative estimate of drug-likeness (QED) is 0.565. The fourth-order valence-electron chi connectivity index (χ4n) is 3.61. The lowest BCUT2D eigenvalue weighted by Gasteiger charge is -2.18. The Bertz CT molecular complexity index is 1020. The number of ether oxygens (including phenoxy) is 2. The number of carbonyl (C=O) groups excluding carboxylic acids is 3. The molecule has 0 aliphatic heterocycles. The molecule has 0 radical (unpaired) electrons. The lowest BCUT2D eigenvalue weighted by molar-refractivity contribution is -0.152. The molecule has 3 rings (SSSR count). The van der Waals surface area contributed by atoms with Crippen LogP contribution in [0.2, 0.25) is 5.02 Å². The summed E-state index contributed by atoms with van der Waals surface area (Å²) < 4.78 is 24.3. The summed E-state index contributed by atoms with van der Waals surface area (Å²) in [7, 11) is 0. The average molecular weight is 482 g/mol. The summed E-state index contributed by atoms with van der Waals surface area (Å²) in [6.07, 6.45) is 0.973. The highest BCUT2D eigenvalue weighted by Gasteiger charge is 2.30. The van der Waals surface area contributed by atoms with Crippen molar-refractivity contribution in [3.05, 3.63) is 50.6 Å². The van der Waals surface area contributed by atoms with Crippen LogP contribution >= 0.6 is 22.9 Å². The first kappa shape index (κ1) is 24.2. The fourth-order valence-corrected chi connectivity index (χ4v) is 5.24. The Hall–Kier alpha value is -2.45. The van der Waals surface area contributed by atoms with Gasteiger partial charge in [-0.05, 0) is 56.7 Å². The van der Waals surface area contributed by atoms with Gasteiger partial charge >= 0.3 is 11.9 Å². The third-order valence-electron chi connectivity index (χ3n) is 5.29. The van der Waals surface area contributed by atoms with Crippen LogP contribution in [-0.2, 0) is 38.3 Å². The van der Waals surface area contributed by atoms with Gasteiger partial charge in [-0.3, -0.25) is 9.59 Å². The molecule has 2 atom stereocenters. The summed E-state index contributed by atoms with van der Waals surface area (Å²) >= 11 is 7.29. The number of fused-ring (bicyclic) bond motifs is 1. The van der Waals surface area contributed by atoms with Crippen LogP contribution in [-0.4, -0.2) is 30.6 Å². The number of carbonyl (C=O) groups is 3. The summed E-state index contributed by atoms with van der Waals surface area (Å²) in [5, 5.41) is 3.22. The second-order valence-corrected chi connectivity index (χ2v) is 9.29. The summed E-state index contributed by atoms with van der Waals surface area (Å²) in [4.78, 5) is 38.6. The molecule has 6 nitrogen and oxygen atoms in total. The highest BCUT2D eigenvalue weighted by Crippen LogP contribution is 2.40.